The summed E-state index contributed by atoms with van der Waals surface area (Å²) in [6.07, 6.45) is 4.40. The second-order valence-corrected chi connectivity index (χ2v) is 12.3. The Bertz CT molecular complexity index is 1100. The average molecular weight is 475 g/mol. The van der Waals surface area contributed by atoms with Crippen LogP contribution >= 0.6 is 0 Å². The van der Waals surface area contributed by atoms with Gasteiger partial charge in [-0.15, -0.1) is 0 Å². The molecule has 2 aromatic carbocycles. The highest BCUT2D eigenvalue weighted by Gasteiger charge is 2.70. The van der Waals surface area contributed by atoms with E-state index in [1.807, 2.05) is 12.1 Å². The third-order valence-electron chi connectivity index (χ3n) is 8.05. The molecule has 1 saturated heterocycles. The molecule has 2 aliphatic carbocycles. The number of halogens is 2. The Hall–Kier alpha value is -1.99. The zero-order valence-corrected chi connectivity index (χ0v) is 19.9. The van der Waals surface area contributed by atoms with Crippen LogP contribution in [0.3, 0.4) is 0 Å². The molecule has 1 aliphatic heterocycles. The number of hydrogen-bond acceptors (Lipinski definition) is 4. The number of alkyl halides is 2. The van der Waals surface area contributed by atoms with Gasteiger partial charge in [0.15, 0.2) is 9.84 Å². The predicted molar refractivity (Wildman–Crippen MR) is 126 cm³/mol. The number of benzene rings is 2. The first-order chi connectivity index (χ1) is 15.7. The standard InChI is InChI=1S/C26H32F2N2O2S/c1-33(31,32)23-9-5-8-22(16-23)29-14-15-30(24(18-29)21-6-3-2-4-7-21)17-20-10-12-25(13-11-20)19-26(25,27)28/h2-9,16,20,24H,10-15,17-19H2,1H3/t20-,24-,25+/m1/s1. The molecule has 0 amide bonds. The van der Waals surface area contributed by atoms with E-state index in [1.165, 1.54) is 11.8 Å². The number of piperazine rings is 1. The summed E-state index contributed by atoms with van der Waals surface area (Å²) < 4.78 is 51.7. The SMILES string of the molecule is CS(=O)(=O)c1cccc(N2CCN(C[C@H]3CC[C@@]4(CC3)CC4(F)F)[C@@H](c3ccccc3)C2)c1. The number of anilines is 1. The van der Waals surface area contributed by atoms with Crippen molar-refractivity contribution in [3.63, 3.8) is 0 Å². The molecule has 178 valence electrons. The van der Waals surface area contributed by atoms with E-state index in [1.54, 1.807) is 18.2 Å². The van der Waals surface area contributed by atoms with Crippen molar-refractivity contribution in [3.8, 4) is 0 Å². The summed E-state index contributed by atoms with van der Waals surface area (Å²) >= 11 is 0. The topological polar surface area (TPSA) is 40.6 Å². The molecule has 0 radical (unpaired) electrons. The molecule has 1 heterocycles. The molecule has 0 N–H and O–H groups in total. The Balaban J connectivity index is 1.32. The molecular formula is C26H32F2N2O2S. The third-order valence-corrected chi connectivity index (χ3v) is 9.16. The van der Waals surface area contributed by atoms with Gasteiger partial charge in [0.25, 0.3) is 5.92 Å². The highest BCUT2D eigenvalue weighted by molar-refractivity contribution is 7.90. The van der Waals surface area contributed by atoms with Crippen molar-refractivity contribution >= 4 is 15.5 Å². The van der Waals surface area contributed by atoms with Crippen LogP contribution in [0.5, 0.6) is 0 Å². The van der Waals surface area contributed by atoms with Gasteiger partial charge >= 0.3 is 0 Å². The van der Waals surface area contributed by atoms with Crippen LogP contribution in [-0.4, -0.2) is 51.7 Å². The zero-order chi connectivity index (χ0) is 23.3. The summed E-state index contributed by atoms with van der Waals surface area (Å²) in [5.74, 6) is -1.98. The van der Waals surface area contributed by atoms with Crippen LogP contribution in [0.15, 0.2) is 59.5 Å². The van der Waals surface area contributed by atoms with E-state index < -0.39 is 21.2 Å². The van der Waals surface area contributed by atoms with E-state index >= 15 is 0 Å². The minimum Gasteiger partial charge on any atom is -0.368 e. The fourth-order valence-corrected chi connectivity index (χ4v) is 6.50. The molecule has 1 spiro atoms. The molecule has 0 aromatic heterocycles. The van der Waals surface area contributed by atoms with Crippen LogP contribution < -0.4 is 4.90 Å². The van der Waals surface area contributed by atoms with E-state index in [9.17, 15) is 17.2 Å². The summed E-state index contributed by atoms with van der Waals surface area (Å²) in [5, 5.41) is 0. The van der Waals surface area contributed by atoms with Crippen molar-refractivity contribution in [1.82, 2.24) is 4.90 Å². The molecule has 0 unspecified atom stereocenters. The van der Waals surface area contributed by atoms with Gasteiger partial charge in [-0.3, -0.25) is 4.90 Å². The van der Waals surface area contributed by atoms with Crippen molar-refractivity contribution in [1.29, 1.82) is 0 Å². The summed E-state index contributed by atoms with van der Waals surface area (Å²) in [6.45, 7) is 3.37. The first-order valence-corrected chi connectivity index (χ1v) is 13.8. The summed E-state index contributed by atoms with van der Waals surface area (Å²) in [7, 11) is -3.26. The summed E-state index contributed by atoms with van der Waals surface area (Å²) in [5.41, 5.74) is 1.47. The van der Waals surface area contributed by atoms with Gasteiger partial charge < -0.3 is 4.90 Å². The molecule has 3 fully saturated rings. The van der Waals surface area contributed by atoms with E-state index in [0.717, 1.165) is 44.7 Å². The maximum atomic E-state index is 13.8. The van der Waals surface area contributed by atoms with Gasteiger partial charge in [-0.25, -0.2) is 17.2 Å². The van der Waals surface area contributed by atoms with E-state index in [2.05, 4.69) is 34.1 Å². The van der Waals surface area contributed by atoms with E-state index in [4.69, 9.17) is 0 Å². The molecule has 1 atom stereocenters. The molecule has 2 aromatic rings. The lowest BCUT2D eigenvalue weighted by Gasteiger charge is -2.45. The zero-order valence-electron chi connectivity index (χ0n) is 19.1. The molecule has 0 bridgehead atoms. The van der Waals surface area contributed by atoms with Crippen molar-refractivity contribution in [2.75, 3.05) is 37.3 Å². The minimum atomic E-state index is -3.26. The molecule has 2 saturated carbocycles. The molecule has 5 rings (SSSR count). The predicted octanol–water partition coefficient (Wildman–Crippen LogP) is 5.17. The number of nitrogens with zero attached hydrogens (tertiary/aromatic N) is 2. The van der Waals surface area contributed by atoms with Gasteiger partial charge in [0.2, 0.25) is 0 Å². The maximum Gasteiger partial charge on any atom is 0.254 e. The lowest BCUT2D eigenvalue weighted by atomic mass is 9.79. The Morgan fingerprint density at radius 1 is 1.00 bits per heavy atom. The quantitative estimate of drug-likeness (QED) is 0.600. The van der Waals surface area contributed by atoms with Gasteiger partial charge in [0.1, 0.15) is 0 Å². The maximum absolute atomic E-state index is 13.8. The first kappa shape index (κ1) is 22.8. The smallest absolute Gasteiger partial charge is 0.254 e. The van der Waals surface area contributed by atoms with Crippen molar-refractivity contribution < 1.29 is 17.2 Å². The van der Waals surface area contributed by atoms with Gasteiger partial charge in [-0.05, 0) is 55.4 Å². The van der Waals surface area contributed by atoms with Crippen molar-refractivity contribution in [2.45, 2.75) is 49.0 Å². The molecule has 3 aliphatic rings. The minimum absolute atomic E-state index is 0.0879. The largest absolute Gasteiger partial charge is 0.368 e. The fraction of sp³-hybridized carbons (Fsp3) is 0.538. The number of sulfone groups is 1. The molecule has 7 heteroatoms. The van der Waals surface area contributed by atoms with Crippen LogP contribution in [0.1, 0.15) is 43.7 Å². The lowest BCUT2D eigenvalue weighted by molar-refractivity contribution is 0.0337. The highest BCUT2D eigenvalue weighted by Crippen LogP contribution is 2.68. The van der Waals surface area contributed by atoms with Gasteiger partial charge in [-0.2, -0.15) is 0 Å². The van der Waals surface area contributed by atoms with Crippen molar-refractivity contribution in [2.24, 2.45) is 11.3 Å². The van der Waals surface area contributed by atoms with Crippen LogP contribution in [0.2, 0.25) is 0 Å². The molecule has 4 nitrogen and oxygen atoms in total. The Morgan fingerprint density at radius 3 is 2.33 bits per heavy atom. The lowest BCUT2D eigenvalue weighted by Crippen LogP contribution is -2.50. The van der Waals surface area contributed by atoms with Gasteiger partial charge in [0.05, 0.1) is 10.9 Å². The molecular weight excluding hydrogens is 442 g/mol. The third kappa shape index (κ3) is 4.54. The fourth-order valence-electron chi connectivity index (χ4n) is 5.84. The van der Waals surface area contributed by atoms with Crippen LogP contribution in [0.25, 0.3) is 0 Å². The second kappa shape index (κ2) is 8.35. The van der Waals surface area contributed by atoms with Crippen LogP contribution in [-0.2, 0) is 9.84 Å². The highest BCUT2D eigenvalue weighted by atomic mass is 32.2. The second-order valence-electron chi connectivity index (χ2n) is 10.2. The Kier molecular flexibility index (Phi) is 5.76. The van der Waals surface area contributed by atoms with Gasteiger partial charge in [0, 0.05) is 50.0 Å². The summed E-state index contributed by atoms with van der Waals surface area (Å²) in [6, 6.07) is 17.8. The summed E-state index contributed by atoms with van der Waals surface area (Å²) in [4.78, 5) is 5.12. The van der Waals surface area contributed by atoms with E-state index in [-0.39, 0.29) is 12.5 Å². The first-order valence-electron chi connectivity index (χ1n) is 11.9. The Morgan fingerprint density at radius 2 is 1.70 bits per heavy atom. The normalized spacial score (nSPS) is 29.8. The van der Waals surface area contributed by atoms with Crippen molar-refractivity contribution in [3.05, 3.63) is 60.2 Å². The molecule has 33 heavy (non-hydrogen) atoms. The van der Waals surface area contributed by atoms with Crippen LogP contribution in [0, 0.1) is 11.3 Å². The number of hydrogen-bond donors (Lipinski definition) is 0. The van der Waals surface area contributed by atoms with E-state index in [0.29, 0.717) is 23.7 Å². The number of rotatable bonds is 5. The van der Waals surface area contributed by atoms with Gasteiger partial charge in [-0.1, -0.05) is 36.4 Å². The monoisotopic (exact) mass is 474 g/mol. The average Bonchev–Trinajstić information content (AvgIpc) is 3.34. The van der Waals surface area contributed by atoms with Crippen LogP contribution in [0.4, 0.5) is 14.5 Å². The Labute approximate surface area is 195 Å².